The molecule has 1 aromatic rings. The molecule has 0 saturated heterocycles. The summed E-state index contributed by atoms with van der Waals surface area (Å²) in [6.07, 6.45) is 13.5. The number of benzene rings is 1. The number of hydrogen-bond acceptors (Lipinski definition) is 4. The summed E-state index contributed by atoms with van der Waals surface area (Å²) in [6, 6.07) is 7.09. The van der Waals surface area contributed by atoms with Gasteiger partial charge in [0.1, 0.15) is 5.75 Å². The SMILES string of the molecule is O=C(Oc1ccc(OOCC2CC3C=CC2C3)cc1)C1CC2C=CC1C2. The zero-order valence-electron chi connectivity index (χ0n) is 14.8. The number of fused-ring (bicyclic) bond motifs is 4. The fourth-order valence-electron chi connectivity index (χ4n) is 5.08. The van der Waals surface area contributed by atoms with Gasteiger partial charge in [-0.05, 0) is 79.5 Å². The predicted octanol–water partition coefficient (Wildman–Crippen LogP) is 4.33. The number of carbonyl (C=O) groups excluding carboxylic acids is 1. The van der Waals surface area contributed by atoms with Crippen molar-refractivity contribution in [3.8, 4) is 11.5 Å². The van der Waals surface area contributed by atoms with E-state index >= 15 is 0 Å². The highest BCUT2D eigenvalue weighted by atomic mass is 17.2. The molecule has 6 unspecified atom stereocenters. The lowest BCUT2D eigenvalue weighted by Crippen LogP contribution is -2.23. The topological polar surface area (TPSA) is 44.8 Å². The molecule has 6 atom stereocenters. The van der Waals surface area contributed by atoms with E-state index in [2.05, 4.69) is 24.3 Å². The van der Waals surface area contributed by atoms with E-state index in [4.69, 9.17) is 14.5 Å². The van der Waals surface area contributed by atoms with Crippen LogP contribution in [-0.4, -0.2) is 12.6 Å². The molecule has 2 fully saturated rings. The minimum Gasteiger partial charge on any atom is -0.426 e. The van der Waals surface area contributed by atoms with Crippen molar-refractivity contribution in [2.24, 2.45) is 35.5 Å². The quantitative estimate of drug-likeness (QED) is 0.251. The Morgan fingerprint density at radius 1 is 0.846 bits per heavy atom. The lowest BCUT2D eigenvalue weighted by Gasteiger charge is -2.17. The Kier molecular flexibility index (Phi) is 4.08. The van der Waals surface area contributed by atoms with Crippen LogP contribution in [0, 0.1) is 35.5 Å². The lowest BCUT2D eigenvalue weighted by molar-refractivity contribution is -0.217. The molecule has 0 N–H and O–H groups in total. The van der Waals surface area contributed by atoms with Crippen molar-refractivity contribution in [3.63, 3.8) is 0 Å². The lowest BCUT2D eigenvalue weighted by atomic mass is 9.94. The first-order valence-electron chi connectivity index (χ1n) is 9.72. The van der Waals surface area contributed by atoms with E-state index in [0.717, 1.165) is 18.8 Å². The maximum absolute atomic E-state index is 12.4. The number of ether oxygens (including phenoxy) is 1. The monoisotopic (exact) mass is 352 g/mol. The minimum atomic E-state index is -0.115. The maximum atomic E-state index is 12.4. The van der Waals surface area contributed by atoms with Crippen LogP contribution in [0.5, 0.6) is 11.5 Å². The third-order valence-electron chi connectivity index (χ3n) is 6.48. The standard InChI is InChI=1S/C22H24O4/c23-22(21-12-15-2-4-17(21)10-15)25-19-5-7-20(8-6-19)26-24-13-18-11-14-1-3-16(18)9-14/h1-8,14-18,21H,9-13H2. The maximum Gasteiger partial charge on any atom is 0.314 e. The Bertz CT molecular complexity index is 735. The van der Waals surface area contributed by atoms with E-state index in [1.54, 1.807) is 24.3 Å². The second-order valence-electron chi connectivity index (χ2n) is 8.19. The Labute approximate surface area is 153 Å². The molecule has 4 heteroatoms. The molecule has 4 aliphatic rings. The van der Waals surface area contributed by atoms with Crippen LogP contribution in [0.2, 0.25) is 0 Å². The van der Waals surface area contributed by atoms with Gasteiger partial charge >= 0.3 is 5.97 Å². The van der Waals surface area contributed by atoms with Gasteiger partial charge in [0.2, 0.25) is 0 Å². The highest BCUT2D eigenvalue weighted by molar-refractivity contribution is 5.76. The van der Waals surface area contributed by atoms with Crippen molar-refractivity contribution < 1.29 is 19.3 Å². The molecule has 5 rings (SSSR count). The molecule has 0 heterocycles. The van der Waals surface area contributed by atoms with E-state index in [0.29, 0.717) is 41.8 Å². The van der Waals surface area contributed by atoms with Gasteiger partial charge in [-0.3, -0.25) is 4.79 Å². The summed E-state index contributed by atoms with van der Waals surface area (Å²) in [7, 11) is 0. The van der Waals surface area contributed by atoms with Crippen LogP contribution >= 0.6 is 0 Å². The molecule has 0 aromatic heterocycles. The molecule has 4 aliphatic carbocycles. The van der Waals surface area contributed by atoms with Crippen LogP contribution in [-0.2, 0) is 9.68 Å². The van der Waals surface area contributed by atoms with E-state index < -0.39 is 0 Å². The second-order valence-corrected chi connectivity index (χ2v) is 8.19. The molecule has 4 bridgehead atoms. The first-order chi connectivity index (χ1) is 12.7. The number of carbonyl (C=O) groups is 1. The average Bonchev–Trinajstić information content (AvgIpc) is 3.44. The van der Waals surface area contributed by atoms with Gasteiger partial charge < -0.3 is 9.62 Å². The molecule has 0 radical (unpaired) electrons. The molecule has 136 valence electrons. The zero-order valence-corrected chi connectivity index (χ0v) is 14.8. The highest BCUT2D eigenvalue weighted by Crippen LogP contribution is 2.44. The van der Waals surface area contributed by atoms with Crippen molar-refractivity contribution in [1.29, 1.82) is 0 Å². The third kappa shape index (κ3) is 3.07. The molecule has 2 saturated carbocycles. The summed E-state index contributed by atoms with van der Waals surface area (Å²) in [4.78, 5) is 23.2. The highest BCUT2D eigenvalue weighted by Gasteiger charge is 2.41. The van der Waals surface area contributed by atoms with E-state index in [-0.39, 0.29) is 11.9 Å². The van der Waals surface area contributed by atoms with Gasteiger partial charge in [0.25, 0.3) is 0 Å². The van der Waals surface area contributed by atoms with Crippen molar-refractivity contribution in [2.45, 2.75) is 25.7 Å². The minimum absolute atomic E-state index is 0.0139. The van der Waals surface area contributed by atoms with Gasteiger partial charge in [-0.2, -0.15) is 4.89 Å². The first-order valence-corrected chi connectivity index (χ1v) is 9.72. The Balaban J connectivity index is 1.10. The van der Waals surface area contributed by atoms with Crippen molar-refractivity contribution in [2.75, 3.05) is 6.61 Å². The van der Waals surface area contributed by atoms with Crippen LogP contribution < -0.4 is 9.62 Å². The van der Waals surface area contributed by atoms with Crippen LogP contribution in [0.4, 0.5) is 0 Å². The Morgan fingerprint density at radius 2 is 1.54 bits per heavy atom. The summed E-state index contributed by atoms with van der Waals surface area (Å²) < 4.78 is 5.55. The smallest absolute Gasteiger partial charge is 0.314 e. The van der Waals surface area contributed by atoms with Crippen LogP contribution in [0.15, 0.2) is 48.6 Å². The largest absolute Gasteiger partial charge is 0.426 e. The van der Waals surface area contributed by atoms with Gasteiger partial charge in [0, 0.05) is 0 Å². The summed E-state index contributed by atoms with van der Waals surface area (Å²) >= 11 is 0. The average molecular weight is 352 g/mol. The van der Waals surface area contributed by atoms with Crippen LogP contribution in [0.1, 0.15) is 25.7 Å². The van der Waals surface area contributed by atoms with Crippen molar-refractivity contribution >= 4 is 5.97 Å². The molecular weight excluding hydrogens is 328 g/mol. The van der Waals surface area contributed by atoms with Crippen LogP contribution in [0.3, 0.4) is 0 Å². The fourth-order valence-corrected chi connectivity index (χ4v) is 5.08. The number of rotatable bonds is 6. The Morgan fingerprint density at radius 3 is 2.15 bits per heavy atom. The number of hydrogen-bond donors (Lipinski definition) is 0. The zero-order chi connectivity index (χ0) is 17.5. The molecule has 26 heavy (non-hydrogen) atoms. The van der Waals surface area contributed by atoms with E-state index in [9.17, 15) is 4.79 Å². The molecule has 0 amide bonds. The molecular formula is C22H24O4. The van der Waals surface area contributed by atoms with E-state index in [1.807, 2.05) is 0 Å². The van der Waals surface area contributed by atoms with Gasteiger partial charge in [0.15, 0.2) is 5.75 Å². The molecule has 1 aromatic carbocycles. The van der Waals surface area contributed by atoms with Gasteiger partial charge in [-0.15, -0.1) is 0 Å². The predicted molar refractivity (Wildman–Crippen MR) is 96.3 cm³/mol. The Hall–Kier alpha value is -2.07. The van der Waals surface area contributed by atoms with Gasteiger partial charge in [-0.25, -0.2) is 0 Å². The summed E-state index contributed by atoms with van der Waals surface area (Å²) in [6.45, 7) is 0.625. The molecule has 0 spiro atoms. The van der Waals surface area contributed by atoms with E-state index in [1.165, 1.54) is 12.8 Å². The summed E-state index contributed by atoms with van der Waals surface area (Å²) in [5, 5.41) is 0. The third-order valence-corrected chi connectivity index (χ3v) is 6.48. The van der Waals surface area contributed by atoms with Gasteiger partial charge in [-0.1, -0.05) is 24.3 Å². The number of allylic oxidation sites excluding steroid dienone is 4. The van der Waals surface area contributed by atoms with Crippen molar-refractivity contribution in [3.05, 3.63) is 48.6 Å². The normalized spacial score (nSPS) is 36.0. The van der Waals surface area contributed by atoms with Crippen LogP contribution in [0.25, 0.3) is 0 Å². The van der Waals surface area contributed by atoms with Gasteiger partial charge in [0.05, 0.1) is 12.5 Å². The number of esters is 1. The second kappa shape index (κ2) is 6.58. The first kappa shape index (κ1) is 16.1. The fraction of sp³-hybridized carbons (Fsp3) is 0.500. The molecule has 4 nitrogen and oxygen atoms in total. The summed E-state index contributed by atoms with van der Waals surface area (Å²) in [5.41, 5.74) is 0. The van der Waals surface area contributed by atoms with Crippen molar-refractivity contribution in [1.82, 2.24) is 0 Å². The summed E-state index contributed by atoms with van der Waals surface area (Å²) in [5.74, 6) is 4.00. The molecule has 0 aliphatic heterocycles.